The SMILES string of the molecule is CC(C)CCN(c1c(F)cccc1CCl)C1CCCC1. The number of anilines is 1. The molecule has 0 radical (unpaired) electrons. The van der Waals surface area contributed by atoms with E-state index in [0.717, 1.165) is 24.2 Å². The van der Waals surface area contributed by atoms with Crippen LogP contribution in [0.3, 0.4) is 0 Å². The van der Waals surface area contributed by atoms with Crippen LogP contribution in [0.15, 0.2) is 18.2 Å². The van der Waals surface area contributed by atoms with E-state index in [1.54, 1.807) is 12.1 Å². The van der Waals surface area contributed by atoms with Gasteiger partial charge in [0.05, 0.1) is 5.69 Å². The maximum atomic E-state index is 14.4. The summed E-state index contributed by atoms with van der Waals surface area (Å²) in [6.07, 6.45) is 5.95. The van der Waals surface area contributed by atoms with Gasteiger partial charge in [-0.05, 0) is 36.8 Å². The number of benzene rings is 1. The van der Waals surface area contributed by atoms with E-state index in [2.05, 4.69) is 18.7 Å². The average molecular weight is 298 g/mol. The second-order valence-corrected chi connectivity index (χ2v) is 6.46. The lowest BCUT2D eigenvalue weighted by atomic mass is 10.1. The van der Waals surface area contributed by atoms with Crippen molar-refractivity contribution in [2.45, 2.75) is 57.9 Å². The molecule has 1 aliphatic carbocycles. The van der Waals surface area contributed by atoms with Crippen LogP contribution < -0.4 is 4.90 Å². The van der Waals surface area contributed by atoms with E-state index in [4.69, 9.17) is 11.6 Å². The Kier molecular flexibility index (Phi) is 5.71. The van der Waals surface area contributed by atoms with Crippen molar-refractivity contribution in [1.29, 1.82) is 0 Å². The van der Waals surface area contributed by atoms with Crippen molar-refractivity contribution < 1.29 is 4.39 Å². The van der Waals surface area contributed by atoms with E-state index in [-0.39, 0.29) is 5.82 Å². The van der Waals surface area contributed by atoms with Crippen LogP contribution in [0.4, 0.5) is 10.1 Å². The highest BCUT2D eigenvalue weighted by atomic mass is 35.5. The van der Waals surface area contributed by atoms with E-state index >= 15 is 0 Å². The Labute approximate surface area is 127 Å². The van der Waals surface area contributed by atoms with Gasteiger partial charge in [0.2, 0.25) is 0 Å². The van der Waals surface area contributed by atoms with Gasteiger partial charge in [0.25, 0.3) is 0 Å². The minimum Gasteiger partial charge on any atom is -0.366 e. The van der Waals surface area contributed by atoms with Gasteiger partial charge in [-0.25, -0.2) is 4.39 Å². The van der Waals surface area contributed by atoms with E-state index in [0.29, 0.717) is 17.8 Å². The summed E-state index contributed by atoms with van der Waals surface area (Å²) >= 11 is 6.02. The summed E-state index contributed by atoms with van der Waals surface area (Å²) in [5.41, 5.74) is 1.66. The third-order valence-electron chi connectivity index (χ3n) is 4.21. The molecular weight excluding hydrogens is 273 g/mol. The molecule has 0 unspecified atom stereocenters. The zero-order chi connectivity index (χ0) is 14.5. The first-order valence-electron chi connectivity index (χ1n) is 7.73. The molecule has 0 aromatic heterocycles. The Bertz CT molecular complexity index is 427. The summed E-state index contributed by atoms with van der Waals surface area (Å²) in [7, 11) is 0. The molecule has 20 heavy (non-hydrogen) atoms. The maximum absolute atomic E-state index is 14.4. The standard InChI is InChI=1S/C17H25ClFN/c1-13(2)10-11-20(15-7-3-4-8-15)17-14(12-18)6-5-9-16(17)19/h5-6,9,13,15H,3-4,7-8,10-12H2,1-2H3. The number of para-hydroxylation sites is 1. The maximum Gasteiger partial charge on any atom is 0.146 e. The first kappa shape index (κ1) is 15.6. The summed E-state index contributed by atoms with van der Waals surface area (Å²) < 4.78 is 14.4. The highest BCUT2D eigenvalue weighted by molar-refractivity contribution is 6.17. The van der Waals surface area contributed by atoms with Gasteiger partial charge in [0.1, 0.15) is 5.82 Å². The van der Waals surface area contributed by atoms with Crippen LogP contribution in [0.2, 0.25) is 0 Å². The fourth-order valence-corrected chi connectivity index (χ4v) is 3.30. The topological polar surface area (TPSA) is 3.24 Å². The summed E-state index contributed by atoms with van der Waals surface area (Å²) in [4.78, 5) is 2.29. The highest BCUT2D eigenvalue weighted by Crippen LogP contribution is 2.33. The van der Waals surface area contributed by atoms with Crippen LogP contribution in [0.5, 0.6) is 0 Å². The molecule has 3 heteroatoms. The molecule has 1 fully saturated rings. The third kappa shape index (κ3) is 3.66. The molecule has 0 aliphatic heterocycles. The first-order chi connectivity index (χ1) is 9.63. The quantitative estimate of drug-likeness (QED) is 0.639. The molecule has 0 amide bonds. The minimum atomic E-state index is -0.126. The molecule has 0 bridgehead atoms. The van der Waals surface area contributed by atoms with Crippen molar-refractivity contribution >= 4 is 17.3 Å². The summed E-state index contributed by atoms with van der Waals surface area (Å²) in [5, 5.41) is 0. The minimum absolute atomic E-state index is 0.126. The lowest BCUT2D eigenvalue weighted by Crippen LogP contribution is -2.36. The van der Waals surface area contributed by atoms with Gasteiger partial charge < -0.3 is 4.90 Å². The van der Waals surface area contributed by atoms with Crippen LogP contribution in [-0.4, -0.2) is 12.6 Å². The van der Waals surface area contributed by atoms with E-state index in [9.17, 15) is 4.39 Å². The predicted molar refractivity (Wildman–Crippen MR) is 85.0 cm³/mol. The lowest BCUT2D eigenvalue weighted by Gasteiger charge is -2.33. The van der Waals surface area contributed by atoms with E-state index in [1.165, 1.54) is 25.7 Å². The van der Waals surface area contributed by atoms with Crippen molar-refractivity contribution in [2.24, 2.45) is 5.92 Å². The number of alkyl halides is 1. The van der Waals surface area contributed by atoms with E-state index < -0.39 is 0 Å². The largest absolute Gasteiger partial charge is 0.366 e. The molecular formula is C17H25ClFN. The highest BCUT2D eigenvalue weighted by Gasteiger charge is 2.26. The first-order valence-corrected chi connectivity index (χ1v) is 8.27. The fraction of sp³-hybridized carbons (Fsp3) is 0.647. The molecule has 0 heterocycles. The number of rotatable bonds is 6. The van der Waals surface area contributed by atoms with Crippen molar-refractivity contribution in [1.82, 2.24) is 0 Å². The van der Waals surface area contributed by atoms with Crippen LogP contribution in [0, 0.1) is 11.7 Å². The van der Waals surface area contributed by atoms with Crippen molar-refractivity contribution in [3.05, 3.63) is 29.6 Å². The van der Waals surface area contributed by atoms with Crippen molar-refractivity contribution in [3.8, 4) is 0 Å². The number of hydrogen-bond donors (Lipinski definition) is 0. The molecule has 1 aromatic carbocycles. The number of halogens is 2. The molecule has 112 valence electrons. The summed E-state index contributed by atoms with van der Waals surface area (Å²) in [5.74, 6) is 0.877. The second-order valence-electron chi connectivity index (χ2n) is 6.20. The molecule has 2 rings (SSSR count). The van der Waals surface area contributed by atoms with Gasteiger partial charge in [0.15, 0.2) is 0 Å². The molecule has 0 saturated heterocycles. The lowest BCUT2D eigenvalue weighted by molar-refractivity contribution is 0.516. The van der Waals surface area contributed by atoms with Gasteiger partial charge >= 0.3 is 0 Å². The van der Waals surface area contributed by atoms with Gasteiger partial charge in [-0.3, -0.25) is 0 Å². The van der Waals surface area contributed by atoms with Crippen molar-refractivity contribution in [3.63, 3.8) is 0 Å². The number of hydrogen-bond acceptors (Lipinski definition) is 1. The van der Waals surface area contributed by atoms with Gasteiger partial charge in [-0.15, -0.1) is 11.6 Å². The Morgan fingerprint density at radius 1 is 1.30 bits per heavy atom. The predicted octanol–water partition coefficient (Wildman–Crippen LogP) is 5.36. The third-order valence-corrected chi connectivity index (χ3v) is 4.50. The molecule has 0 spiro atoms. The molecule has 1 aliphatic rings. The fourth-order valence-electron chi connectivity index (χ4n) is 3.08. The number of nitrogens with zero attached hydrogens (tertiary/aromatic N) is 1. The van der Waals surface area contributed by atoms with Crippen LogP contribution >= 0.6 is 11.6 Å². The second kappa shape index (κ2) is 7.31. The zero-order valence-corrected chi connectivity index (χ0v) is 13.3. The Hall–Kier alpha value is -0.760. The van der Waals surface area contributed by atoms with E-state index in [1.807, 2.05) is 6.07 Å². The zero-order valence-electron chi connectivity index (χ0n) is 12.5. The Balaban J connectivity index is 2.29. The van der Waals surface area contributed by atoms with Crippen LogP contribution in [0.1, 0.15) is 51.5 Å². The van der Waals surface area contributed by atoms with Crippen LogP contribution in [-0.2, 0) is 5.88 Å². The average Bonchev–Trinajstić information content (AvgIpc) is 2.94. The summed E-state index contributed by atoms with van der Waals surface area (Å²) in [6, 6.07) is 5.74. The van der Waals surface area contributed by atoms with Crippen molar-refractivity contribution in [2.75, 3.05) is 11.4 Å². The van der Waals surface area contributed by atoms with Gasteiger partial charge in [-0.1, -0.05) is 38.8 Å². The monoisotopic (exact) mass is 297 g/mol. The molecule has 1 nitrogen and oxygen atoms in total. The molecule has 0 atom stereocenters. The molecule has 1 saturated carbocycles. The van der Waals surface area contributed by atoms with Crippen LogP contribution in [0.25, 0.3) is 0 Å². The summed E-state index contributed by atoms with van der Waals surface area (Å²) in [6.45, 7) is 5.36. The Morgan fingerprint density at radius 3 is 2.60 bits per heavy atom. The Morgan fingerprint density at radius 2 is 2.00 bits per heavy atom. The van der Waals surface area contributed by atoms with Gasteiger partial charge in [0, 0.05) is 18.5 Å². The smallest absolute Gasteiger partial charge is 0.146 e. The molecule has 0 N–H and O–H groups in total. The normalized spacial score (nSPS) is 16.1. The molecule has 1 aromatic rings. The van der Waals surface area contributed by atoms with Gasteiger partial charge in [-0.2, -0.15) is 0 Å².